The topological polar surface area (TPSA) is 68.3 Å². The van der Waals surface area contributed by atoms with Crippen molar-refractivity contribution < 1.29 is 4.79 Å². The van der Waals surface area contributed by atoms with E-state index in [9.17, 15) is 4.79 Å². The lowest BCUT2D eigenvalue weighted by atomic mass is 9.82. The zero-order valence-corrected chi connectivity index (χ0v) is 15.7. The van der Waals surface area contributed by atoms with Gasteiger partial charge in [0.25, 0.3) is 0 Å². The van der Waals surface area contributed by atoms with Crippen LogP contribution in [0.25, 0.3) is 16.8 Å². The number of nitrogens with zero attached hydrogens (tertiary/aromatic N) is 6. The first-order valence-electron chi connectivity index (χ1n) is 9.29. The van der Waals surface area contributed by atoms with Gasteiger partial charge in [-0.1, -0.05) is 13.0 Å². The Morgan fingerprint density at radius 2 is 2.19 bits per heavy atom. The highest BCUT2D eigenvalue weighted by Crippen LogP contribution is 2.36. The van der Waals surface area contributed by atoms with Gasteiger partial charge in [0, 0.05) is 37.8 Å². The van der Waals surface area contributed by atoms with Crippen molar-refractivity contribution in [1.82, 2.24) is 29.3 Å². The van der Waals surface area contributed by atoms with E-state index in [1.807, 2.05) is 48.2 Å². The highest BCUT2D eigenvalue weighted by Gasteiger charge is 2.30. The van der Waals surface area contributed by atoms with Crippen LogP contribution in [-0.2, 0) is 11.8 Å². The van der Waals surface area contributed by atoms with E-state index in [4.69, 9.17) is 4.98 Å². The zero-order valence-electron chi connectivity index (χ0n) is 15.7. The van der Waals surface area contributed by atoms with E-state index in [-0.39, 0.29) is 11.9 Å². The van der Waals surface area contributed by atoms with Crippen molar-refractivity contribution in [3.8, 4) is 11.3 Å². The maximum absolute atomic E-state index is 12.0. The number of carbonyl (C=O) groups is 1. The Morgan fingerprint density at radius 3 is 2.93 bits per heavy atom. The molecule has 1 aliphatic rings. The molecule has 3 aromatic rings. The van der Waals surface area contributed by atoms with Gasteiger partial charge in [0.1, 0.15) is 0 Å². The van der Waals surface area contributed by atoms with Gasteiger partial charge in [0.05, 0.1) is 35.5 Å². The van der Waals surface area contributed by atoms with E-state index in [2.05, 4.69) is 16.8 Å². The average Bonchev–Trinajstić information content (AvgIpc) is 3.34. The summed E-state index contributed by atoms with van der Waals surface area (Å²) in [6.07, 6.45) is 13.0. The van der Waals surface area contributed by atoms with Crippen LogP contribution in [0.2, 0.25) is 0 Å². The van der Waals surface area contributed by atoms with Crippen LogP contribution in [0.4, 0.5) is 0 Å². The second kappa shape index (κ2) is 6.98. The molecule has 0 aromatic carbocycles. The van der Waals surface area contributed by atoms with E-state index in [0.717, 1.165) is 48.2 Å². The fraction of sp³-hybridized carbons (Fsp3) is 0.400. The molecule has 0 bridgehead atoms. The second-order valence-corrected chi connectivity index (χ2v) is 7.25. The molecule has 27 heavy (non-hydrogen) atoms. The Hall–Kier alpha value is -2.96. The van der Waals surface area contributed by atoms with E-state index in [0.29, 0.717) is 5.92 Å². The van der Waals surface area contributed by atoms with Gasteiger partial charge in [0.15, 0.2) is 0 Å². The Balaban J connectivity index is 1.71. The van der Waals surface area contributed by atoms with Crippen molar-refractivity contribution in [1.29, 1.82) is 0 Å². The first-order chi connectivity index (χ1) is 13.1. The summed E-state index contributed by atoms with van der Waals surface area (Å²) in [6.45, 7) is 3.61. The van der Waals surface area contributed by atoms with Gasteiger partial charge in [-0.15, -0.1) is 0 Å². The largest absolute Gasteiger partial charge is 0.339 e. The van der Waals surface area contributed by atoms with Gasteiger partial charge in [-0.05, 0) is 31.4 Å². The summed E-state index contributed by atoms with van der Waals surface area (Å²) >= 11 is 0. The van der Waals surface area contributed by atoms with E-state index in [1.54, 1.807) is 10.9 Å². The molecule has 0 spiro atoms. The minimum Gasteiger partial charge on any atom is -0.339 e. The highest BCUT2D eigenvalue weighted by molar-refractivity contribution is 5.87. The smallest absolute Gasteiger partial charge is 0.245 e. The Morgan fingerprint density at radius 1 is 1.33 bits per heavy atom. The van der Waals surface area contributed by atoms with Crippen LogP contribution in [0.5, 0.6) is 0 Å². The van der Waals surface area contributed by atoms with Crippen molar-refractivity contribution in [2.45, 2.75) is 37.6 Å². The predicted molar refractivity (Wildman–Crippen MR) is 103 cm³/mol. The van der Waals surface area contributed by atoms with E-state index < -0.39 is 0 Å². The number of carbonyl (C=O) groups excluding carboxylic acids is 1. The number of hydrogen-bond acceptors (Lipinski definition) is 4. The molecular formula is C20H24N6O. The number of aromatic nitrogens is 5. The molecule has 7 nitrogen and oxygen atoms in total. The van der Waals surface area contributed by atoms with Crippen molar-refractivity contribution in [2.75, 3.05) is 7.05 Å². The second-order valence-electron chi connectivity index (χ2n) is 7.25. The summed E-state index contributed by atoms with van der Waals surface area (Å²) in [5, 5.41) is 8.69. The summed E-state index contributed by atoms with van der Waals surface area (Å²) in [7, 11) is 3.76. The SMILES string of the molecule is C=CC(=O)N(C)[C@@H]1CCC[C@@H](c2nc(-c3cnn(C)c3)cn3nccc23)C1. The predicted octanol–water partition coefficient (Wildman–Crippen LogP) is 2.80. The molecule has 1 aliphatic carbocycles. The van der Waals surface area contributed by atoms with Crippen molar-refractivity contribution in [3.63, 3.8) is 0 Å². The standard InChI is InChI=1S/C20H24N6O/c1-4-19(27)25(3)16-7-5-6-14(10-16)20-18-8-9-21-26(18)13-17(23-20)15-11-22-24(2)12-15/h4,8-9,11-14,16H,1,5-7,10H2,2-3H3/t14-,16-/m1/s1. The Bertz CT molecular complexity index is 987. The summed E-state index contributed by atoms with van der Waals surface area (Å²) in [5.74, 6) is 0.270. The van der Waals surface area contributed by atoms with E-state index >= 15 is 0 Å². The average molecular weight is 364 g/mol. The minimum atomic E-state index is -0.0211. The summed E-state index contributed by atoms with van der Waals surface area (Å²) in [6, 6.07) is 2.22. The number of fused-ring (bicyclic) bond motifs is 1. The number of hydrogen-bond donors (Lipinski definition) is 0. The molecule has 0 radical (unpaired) electrons. The van der Waals surface area contributed by atoms with Crippen molar-refractivity contribution in [2.24, 2.45) is 7.05 Å². The maximum Gasteiger partial charge on any atom is 0.245 e. The van der Waals surface area contributed by atoms with Crippen LogP contribution in [0, 0.1) is 0 Å². The van der Waals surface area contributed by atoms with Gasteiger partial charge >= 0.3 is 0 Å². The van der Waals surface area contributed by atoms with Gasteiger partial charge in [-0.3, -0.25) is 9.48 Å². The molecule has 0 unspecified atom stereocenters. The van der Waals surface area contributed by atoms with Crippen LogP contribution in [0.1, 0.15) is 37.3 Å². The number of rotatable bonds is 4. The molecule has 0 saturated heterocycles. The van der Waals surface area contributed by atoms with Gasteiger partial charge in [0.2, 0.25) is 5.91 Å². The molecule has 0 N–H and O–H groups in total. The summed E-state index contributed by atoms with van der Waals surface area (Å²) in [5.41, 5.74) is 3.93. The quantitative estimate of drug-likeness (QED) is 0.668. The molecule has 1 saturated carbocycles. The number of amides is 1. The Kier molecular flexibility index (Phi) is 4.51. The summed E-state index contributed by atoms with van der Waals surface area (Å²) in [4.78, 5) is 18.9. The van der Waals surface area contributed by atoms with Crippen LogP contribution >= 0.6 is 0 Å². The maximum atomic E-state index is 12.0. The van der Waals surface area contributed by atoms with E-state index in [1.165, 1.54) is 6.08 Å². The minimum absolute atomic E-state index is 0.0211. The van der Waals surface area contributed by atoms with Crippen molar-refractivity contribution >= 4 is 11.4 Å². The first-order valence-corrected chi connectivity index (χ1v) is 9.29. The molecule has 1 fully saturated rings. The van der Waals surface area contributed by atoms with Gasteiger partial charge < -0.3 is 4.90 Å². The molecule has 2 atom stereocenters. The van der Waals surface area contributed by atoms with Crippen molar-refractivity contribution in [3.05, 3.63) is 49.2 Å². The molecule has 140 valence electrons. The fourth-order valence-corrected chi connectivity index (χ4v) is 4.03. The third kappa shape index (κ3) is 3.25. The van der Waals surface area contributed by atoms with Crippen LogP contribution < -0.4 is 0 Å². The lowest BCUT2D eigenvalue weighted by Gasteiger charge is -2.35. The van der Waals surface area contributed by atoms with Crippen LogP contribution in [0.15, 0.2) is 43.5 Å². The molecule has 3 heterocycles. The zero-order chi connectivity index (χ0) is 19.0. The van der Waals surface area contributed by atoms with Gasteiger partial charge in [-0.2, -0.15) is 10.2 Å². The summed E-state index contributed by atoms with van der Waals surface area (Å²) < 4.78 is 3.67. The third-order valence-corrected chi connectivity index (χ3v) is 5.52. The normalized spacial score (nSPS) is 19.9. The number of likely N-dealkylation sites (N-methyl/N-ethyl adjacent to an activating group) is 1. The highest BCUT2D eigenvalue weighted by atomic mass is 16.2. The third-order valence-electron chi connectivity index (χ3n) is 5.52. The molecule has 4 rings (SSSR count). The van der Waals surface area contributed by atoms with Crippen LogP contribution in [-0.4, -0.2) is 48.3 Å². The fourth-order valence-electron chi connectivity index (χ4n) is 4.03. The molecule has 7 heteroatoms. The lowest BCUT2D eigenvalue weighted by Crippen LogP contribution is -2.39. The van der Waals surface area contributed by atoms with Gasteiger partial charge in [-0.25, -0.2) is 9.50 Å². The van der Waals surface area contributed by atoms with Crippen LogP contribution in [0.3, 0.4) is 0 Å². The Labute approximate surface area is 158 Å². The first kappa shape index (κ1) is 17.5. The molecular weight excluding hydrogens is 340 g/mol. The number of aryl methyl sites for hydroxylation is 1. The monoisotopic (exact) mass is 364 g/mol. The molecule has 1 amide bonds. The molecule has 0 aliphatic heterocycles. The molecule has 3 aromatic heterocycles. The lowest BCUT2D eigenvalue weighted by molar-refractivity contribution is -0.127.